The van der Waals surface area contributed by atoms with Crippen LogP contribution >= 0.6 is 30.8 Å². The summed E-state index contributed by atoms with van der Waals surface area (Å²) >= 11 is 11.5. The van der Waals surface area contributed by atoms with Crippen LogP contribution in [0.2, 0.25) is 0 Å². The molecule has 1 amide bonds. The second-order valence-corrected chi connectivity index (χ2v) is 7.26. The van der Waals surface area contributed by atoms with Crippen molar-refractivity contribution in [2.45, 2.75) is 24.6 Å². The van der Waals surface area contributed by atoms with Gasteiger partial charge in [0, 0.05) is 5.38 Å². The summed E-state index contributed by atoms with van der Waals surface area (Å²) in [5.74, 6) is -0.425. The number of hydrogen-bond donors (Lipinski definition) is 1. The van der Waals surface area contributed by atoms with E-state index in [2.05, 4.69) is 11.9 Å². The highest BCUT2D eigenvalue weighted by atomic mass is 35.5. The van der Waals surface area contributed by atoms with E-state index >= 15 is 0 Å². The topological polar surface area (TPSA) is 64.6 Å². The number of carbonyl (C=O) groups excluding carboxylic acids is 1. The first-order valence-corrected chi connectivity index (χ1v) is 7.95. The zero-order chi connectivity index (χ0) is 14.2. The third kappa shape index (κ3) is 8.95. The Kier molecular flexibility index (Phi) is 8.91. The molecule has 0 aliphatic rings. The van der Waals surface area contributed by atoms with E-state index in [-0.39, 0.29) is 30.3 Å². The minimum Gasteiger partial charge on any atom is -0.329 e. The lowest BCUT2D eigenvalue weighted by atomic mass is 10.5. The number of halogens is 2. The van der Waals surface area contributed by atoms with Gasteiger partial charge < -0.3 is 9.84 Å². The molecule has 0 aliphatic heterocycles. The molecule has 0 spiro atoms. The van der Waals surface area contributed by atoms with Gasteiger partial charge in [0.05, 0.1) is 18.1 Å². The lowest BCUT2D eigenvalue weighted by Gasteiger charge is -2.20. The van der Waals surface area contributed by atoms with Crippen molar-refractivity contribution in [3.8, 4) is 0 Å². The molecular weight excluding hydrogens is 300 g/mol. The van der Waals surface area contributed by atoms with Gasteiger partial charge in [0.25, 0.3) is 0 Å². The molecule has 0 aromatic heterocycles. The Morgan fingerprint density at radius 2 is 2.00 bits per heavy atom. The number of hydrogen-bond acceptors (Lipinski definition) is 4. The molecule has 106 valence electrons. The summed E-state index contributed by atoms with van der Waals surface area (Å²) in [6, 6.07) is 0. The Labute approximate surface area is 117 Å². The van der Waals surface area contributed by atoms with Crippen LogP contribution in [0, 0.1) is 0 Å². The highest BCUT2D eigenvalue weighted by Crippen LogP contribution is 2.49. The summed E-state index contributed by atoms with van der Waals surface area (Å²) in [7, 11) is -3.36. The minimum absolute atomic E-state index is 0.0438. The van der Waals surface area contributed by atoms with Crippen molar-refractivity contribution in [2.24, 2.45) is 0 Å². The van der Waals surface area contributed by atoms with E-state index in [1.807, 2.05) is 0 Å². The highest BCUT2D eigenvalue weighted by molar-refractivity contribution is 7.54. The smallest absolute Gasteiger partial charge is 0.329 e. The third-order valence-corrected chi connectivity index (χ3v) is 4.22. The van der Waals surface area contributed by atoms with Crippen LogP contribution in [0.5, 0.6) is 0 Å². The zero-order valence-electron chi connectivity index (χ0n) is 10.4. The van der Waals surface area contributed by atoms with Gasteiger partial charge in [-0.3, -0.25) is 13.9 Å². The molecule has 0 radical (unpaired) electrons. The fourth-order valence-corrected chi connectivity index (χ4v) is 3.21. The van der Waals surface area contributed by atoms with Crippen molar-refractivity contribution in [3.05, 3.63) is 12.7 Å². The molecule has 5 nitrogen and oxygen atoms in total. The van der Waals surface area contributed by atoms with Crippen LogP contribution in [0.3, 0.4) is 0 Å². The summed E-state index contributed by atoms with van der Waals surface area (Å²) in [6.45, 7) is 6.50. The number of carbonyl (C=O) groups is 1. The lowest BCUT2D eigenvalue weighted by Crippen LogP contribution is -2.24. The molecule has 0 heterocycles. The van der Waals surface area contributed by atoms with Crippen molar-refractivity contribution in [2.75, 3.05) is 19.5 Å². The monoisotopic (exact) mass is 317 g/mol. The van der Waals surface area contributed by atoms with Gasteiger partial charge in [-0.15, -0.1) is 23.2 Å². The van der Waals surface area contributed by atoms with Gasteiger partial charge >= 0.3 is 7.60 Å². The summed E-state index contributed by atoms with van der Waals surface area (Å²) in [5.41, 5.74) is 0. The second-order valence-electron chi connectivity index (χ2n) is 3.67. The van der Waals surface area contributed by atoms with Gasteiger partial charge in [-0.1, -0.05) is 6.58 Å². The SMILES string of the molecule is C=CC(=O)NCOP(=O)(CC(C)Cl)OCC(C)Cl. The molecule has 0 rings (SSSR count). The van der Waals surface area contributed by atoms with Crippen LogP contribution in [-0.4, -0.2) is 36.2 Å². The van der Waals surface area contributed by atoms with Crippen LogP contribution in [0.4, 0.5) is 0 Å². The van der Waals surface area contributed by atoms with E-state index < -0.39 is 13.5 Å². The third-order valence-electron chi connectivity index (χ3n) is 1.67. The van der Waals surface area contributed by atoms with E-state index in [0.29, 0.717) is 0 Å². The van der Waals surface area contributed by atoms with Crippen molar-refractivity contribution in [3.63, 3.8) is 0 Å². The summed E-state index contributed by atoms with van der Waals surface area (Å²) < 4.78 is 22.5. The van der Waals surface area contributed by atoms with Crippen LogP contribution in [0.15, 0.2) is 12.7 Å². The van der Waals surface area contributed by atoms with E-state index in [4.69, 9.17) is 32.2 Å². The number of rotatable bonds is 9. The van der Waals surface area contributed by atoms with Crippen molar-refractivity contribution in [1.29, 1.82) is 0 Å². The van der Waals surface area contributed by atoms with Crippen LogP contribution in [-0.2, 0) is 18.4 Å². The number of nitrogens with one attached hydrogen (secondary N) is 1. The maximum Gasteiger partial charge on any atom is 0.333 e. The predicted octanol–water partition coefficient (Wildman–Crippen LogP) is 2.73. The normalized spacial score (nSPS) is 17.6. The average molecular weight is 318 g/mol. The quantitative estimate of drug-likeness (QED) is 0.307. The molecular formula is C10H18Cl2NO4P. The zero-order valence-corrected chi connectivity index (χ0v) is 12.8. The Balaban J connectivity index is 4.33. The van der Waals surface area contributed by atoms with Gasteiger partial charge in [-0.05, 0) is 19.9 Å². The van der Waals surface area contributed by atoms with Gasteiger partial charge in [-0.2, -0.15) is 0 Å². The molecule has 1 N–H and O–H groups in total. The molecule has 0 saturated carbocycles. The molecule has 0 saturated heterocycles. The summed E-state index contributed by atoms with van der Waals surface area (Å²) in [5, 5.41) is 1.67. The van der Waals surface area contributed by atoms with Gasteiger partial charge in [-0.25, -0.2) is 0 Å². The van der Waals surface area contributed by atoms with Crippen LogP contribution in [0.1, 0.15) is 13.8 Å². The molecule has 18 heavy (non-hydrogen) atoms. The van der Waals surface area contributed by atoms with Crippen molar-refractivity contribution in [1.82, 2.24) is 5.32 Å². The molecule has 0 aromatic carbocycles. The van der Waals surface area contributed by atoms with Crippen LogP contribution < -0.4 is 5.32 Å². The second kappa shape index (κ2) is 8.94. The first-order chi connectivity index (χ1) is 8.29. The fourth-order valence-electron chi connectivity index (χ4n) is 0.941. The summed E-state index contributed by atoms with van der Waals surface area (Å²) in [4.78, 5) is 10.9. The molecule has 0 fully saturated rings. The maximum absolute atomic E-state index is 12.2. The van der Waals surface area contributed by atoms with E-state index in [9.17, 15) is 9.36 Å². The molecule has 0 bridgehead atoms. The predicted molar refractivity (Wildman–Crippen MR) is 73.3 cm³/mol. The standard InChI is InChI=1S/C10H18Cl2NO4P/c1-4-10(14)13-7-17-18(15,6-9(3)12)16-5-8(2)11/h4,8-9H,1,5-7H2,2-3H3,(H,13,14). The molecule has 3 unspecified atom stereocenters. The molecule has 0 aromatic rings. The largest absolute Gasteiger partial charge is 0.333 e. The first kappa shape index (κ1) is 17.9. The Hall–Kier alpha value is -0.0600. The Morgan fingerprint density at radius 3 is 2.44 bits per heavy atom. The van der Waals surface area contributed by atoms with E-state index in [0.717, 1.165) is 6.08 Å². The number of alkyl halides is 2. The highest BCUT2D eigenvalue weighted by Gasteiger charge is 2.27. The average Bonchev–Trinajstić information content (AvgIpc) is 2.25. The van der Waals surface area contributed by atoms with Gasteiger partial charge in [0.1, 0.15) is 6.73 Å². The van der Waals surface area contributed by atoms with Crippen molar-refractivity contribution < 1.29 is 18.4 Å². The Morgan fingerprint density at radius 1 is 1.39 bits per heavy atom. The lowest BCUT2D eigenvalue weighted by molar-refractivity contribution is -0.117. The van der Waals surface area contributed by atoms with Crippen LogP contribution in [0.25, 0.3) is 0 Å². The minimum atomic E-state index is -3.36. The summed E-state index contributed by atoms with van der Waals surface area (Å²) in [6.07, 6.45) is 1.13. The Bertz CT molecular complexity index is 323. The van der Waals surface area contributed by atoms with E-state index in [1.165, 1.54) is 0 Å². The van der Waals surface area contributed by atoms with Gasteiger partial charge in [0.2, 0.25) is 5.91 Å². The van der Waals surface area contributed by atoms with E-state index in [1.54, 1.807) is 13.8 Å². The van der Waals surface area contributed by atoms with Gasteiger partial charge in [0.15, 0.2) is 0 Å². The van der Waals surface area contributed by atoms with Crippen molar-refractivity contribution >= 4 is 36.7 Å². The number of amides is 1. The first-order valence-electron chi connectivity index (χ1n) is 5.35. The maximum atomic E-state index is 12.2. The molecule has 3 atom stereocenters. The molecule has 0 aliphatic carbocycles. The molecule has 8 heteroatoms. The fraction of sp³-hybridized carbons (Fsp3) is 0.700.